The van der Waals surface area contributed by atoms with Crippen molar-refractivity contribution in [3.05, 3.63) is 36.5 Å². The van der Waals surface area contributed by atoms with E-state index in [-0.39, 0.29) is 5.75 Å². The molecule has 0 unspecified atom stereocenters. The molecule has 0 amide bonds. The Kier molecular flexibility index (Phi) is 3.14. The first-order valence-corrected chi connectivity index (χ1v) is 5.11. The zero-order valence-corrected chi connectivity index (χ0v) is 9.68. The van der Waals surface area contributed by atoms with Gasteiger partial charge in [-0.2, -0.15) is 0 Å². The molecule has 2 aromatic rings. The smallest absolute Gasteiger partial charge is 0.133 e. The molecule has 1 aromatic carbocycles. The third-order valence-corrected chi connectivity index (χ3v) is 2.40. The summed E-state index contributed by atoms with van der Waals surface area (Å²) in [6.07, 6.45) is 1.40. The molecule has 1 aromatic heterocycles. The Morgan fingerprint density at radius 1 is 1.00 bits per heavy atom. The second-order valence-electron chi connectivity index (χ2n) is 3.50. The summed E-state index contributed by atoms with van der Waals surface area (Å²) >= 11 is 0. The van der Waals surface area contributed by atoms with Gasteiger partial charge in [0.2, 0.25) is 0 Å². The van der Waals surface area contributed by atoms with Gasteiger partial charge in [-0.25, -0.2) is 0 Å². The molecule has 0 fully saturated rings. The van der Waals surface area contributed by atoms with Gasteiger partial charge in [-0.05, 0) is 24.3 Å². The Morgan fingerprint density at radius 2 is 1.65 bits per heavy atom. The largest absolute Gasteiger partial charge is 0.506 e. The van der Waals surface area contributed by atoms with E-state index in [1.165, 1.54) is 6.20 Å². The van der Waals surface area contributed by atoms with Crippen LogP contribution in [0.5, 0.6) is 17.2 Å². The quantitative estimate of drug-likeness (QED) is 0.881. The van der Waals surface area contributed by atoms with Crippen LogP contribution >= 0.6 is 0 Å². The van der Waals surface area contributed by atoms with Gasteiger partial charge in [0.1, 0.15) is 17.2 Å². The number of ether oxygens (including phenoxy) is 2. The van der Waals surface area contributed by atoms with Crippen molar-refractivity contribution >= 4 is 0 Å². The molecule has 4 heteroatoms. The predicted molar refractivity (Wildman–Crippen MR) is 64.4 cm³/mol. The maximum Gasteiger partial charge on any atom is 0.133 e. The number of hydrogen-bond acceptors (Lipinski definition) is 4. The first kappa shape index (κ1) is 11.3. The Labute approximate surface area is 99.5 Å². The fraction of sp³-hybridized carbons (Fsp3) is 0.154. The standard InChI is InChI=1S/C13H13NO3/c1-16-11-5-9(6-12(7-11)17-2)13-4-3-10(15)8-14-13/h3-8,15H,1-2H3. The highest BCUT2D eigenvalue weighted by molar-refractivity contribution is 5.64. The molecule has 88 valence electrons. The average molecular weight is 231 g/mol. The SMILES string of the molecule is COc1cc(OC)cc(-c2ccc(O)cn2)c1. The van der Waals surface area contributed by atoms with Crippen molar-refractivity contribution < 1.29 is 14.6 Å². The monoisotopic (exact) mass is 231 g/mol. The fourth-order valence-corrected chi connectivity index (χ4v) is 1.51. The van der Waals surface area contributed by atoms with Gasteiger partial charge < -0.3 is 14.6 Å². The summed E-state index contributed by atoms with van der Waals surface area (Å²) < 4.78 is 10.4. The third kappa shape index (κ3) is 2.47. The molecule has 0 saturated heterocycles. The summed E-state index contributed by atoms with van der Waals surface area (Å²) in [5, 5.41) is 9.19. The van der Waals surface area contributed by atoms with Crippen molar-refractivity contribution in [3.63, 3.8) is 0 Å². The number of benzene rings is 1. The van der Waals surface area contributed by atoms with Gasteiger partial charge in [0.25, 0.3) is 0 Å². The van der Waals surface area contributed by atoms with Gasteiger partial charge in [0.15, 0.2) is 0 Å². The maximum absolute atomic E-state index is 9.19. The molecule has 4 nitrogen and oxygen atoms in total. The lowest BCUT2D eigenvalue weighted by Crippen LogP contribution is -1.90. The molecule has 0 bridgehead atoms. The van der Waals surface area contributed by atoms with Gasteiger partial charge in [-0.3, -0.25) is 4.98 Å². The van der Waals surface area contributed by atoms with Crippen molar-refractivity contribution in [2.24, 2.45) is 0 Å². The second kappa shape index (κ2) is 4.74. The Morgan fingerprint density at radius 3 is 2.12 bits per heavy atom. The van der Waals surface area contributed by atoms with Crippen LogP contribution in [0.15, 0.2) is 36.5 Å². The summed E-state index contributed by atoms with van der Waals surface area (Å²) in [7, 11) is 3.20. The van der Waals surface area contributed by atoms with E-state index in [4.69, 9.17) is 9.47 Å². The number of nitrogens with zero attached hydrogens (tertiary/aromatic N) is 1. The van der Waals surface area contributed by atoms with E-state index in [0.29, 0.717) is 11.5 Å². The van der Waals surface area contributed by atoms with E-state index < -0.39 is 0 Å². The Bertz CT molecular complexity index is 486. The minimum atomic E-state index is 0.142. The zero-order chi connectivity index (χ0) is 12.3. The van der Waals surface area contributed by atoms with E-state index in [0.717, 1.165) is 11.3 Å². The molecule has 17 heavy (non-hydrogen) atoms. The van der Waals surface area contributed by atoms with Crippen LogP contribution in [-0.2, 0) is 0 Å². The molecular formula is C13H13NO3. The number of rotatable bonds is 3. The predicted octanol–water partition coefficient (Wildman–Crippen LogP) is 2.47. The van der Waals surface area contributed by atoms with Crippen LogP contribution in [0, 0.1) is 0 Å². The number of methoxy groups -OCH3 is 2. The second-order valence-corrected chi connectivity index (χ2v) is 3.50. The van der Waals surface area contributed by atoms with Gasteiger partial charge in [-0.1, -0.05) is 0 Å². The Hall–Kier alpha value is -2.23. The molecule has 0 radical (unpaired) electrons. The number of hydrogen-bond donors (Lipinski definition) is 1. The van der Waals surface area contributed by atoms with Crippen LogP contribution in [0.1, 0.15) is 0 Å². The van der Waals surface area contributed by atoms with Gasteiger partial charge in [0, 0.05) is 11.6 Å². The number of aromatic hydroxyl groups is 1. The maximum atomic E-state index is 9.19. The van der Waals surface area contributed by atoms with Crippen molar-refractivity contribution in [2.45, 2.75) is 0 Å². The highest BCUT2D eigenvalue weighted by Gasteiger charge is 2.05. The normalized spacial score (nSPS) is 10.0. The van der Waals surface area contributed by atoms with E-state index >= 15 is 0 Å². The van der Waals surface area contributed by atoms with Gasteiger partial charge >= 0.3 is 0 Å². The van der Waals surface area contributed by atoms with E-state index in [9.17, 15) is 5.11 Å². The highest BCUT2D eigenvalue weighted by atomic mass is 16.5. The third-order valence-electron chi connectivity index (χ3n) is 2.40. The van der Waals surface area contributed by atoms with Crippen molar-refractivity contribution in [1.29, 1.82) is 0 Å². The lowest BCUT2D eigenvalue weighted by molar-refractivity contribution is 0.394. The molecule has 0 atom stereocenters. The molecule has 2 rings (SSSR count). The molecule has 0 aliphatic heterocycles. The minimum Gasteiger partial charge on any atom is -0.506 e. The number of aromatic nitrogens is 1. The van der Waals surface area contributed by atoms with Gasteiger partial charge in [-0.15, -0.1) is 0 Å². The summed E-state index contributed by atoms with van der Waals surface area (Å²) in [5.41, 5.74) is 1.63. The van der Waals surface area contributed by atoms with Gasteiger partial charge in [0.05, 0.1) is 26.1 Å². The number of pyridine rings is 1. The van der Waals surface area contributed by atoms with Crippen LogP contribution in [0.3, 0.4) is 0 Å². The summed E-state index contributed by atoms with van der Waals surface area (Å²) in [4.78, 5) is 4.14. The first-order valence-electron chi connectivity index (χ1n) is 5.11. The molecular weight excluding hydrogens is 218 g/mol. The molecule has 1 heterocycles. The first-order chi connectivity index (χ1) is 8.22. The van der Waals surface area contributed by atoms with Crippen LogP contribution in [0.4, 0.5) is 0 Å². The van der Waals surface area contributed by atoms with Crippen LogP contribution in [0.2, 0.25) is 0 Å². The average Bonchev–Trinajstić information content (AvgIpc) is 2.39. The van der Waals surface area contributed by atoms with Crippen molar-refractivity contribution in [1.82, 2.24) is 4.98 Å². The molecule has 0 aliphatic rings. The summed E-state index contributed by atoms with van der Waals surface area (Å²) in [6.45, 7) is 0. The fourth-order valence-electron chi connectivity index (χ4n) is 1.51. The lowest BCUT2D eigenvalue weighted by atomic mass is 10.1. The highest BCUT2D eigenvalue weighted by Crippen LogP contribution is 2.29. The molecule has 1 N–H and O–H groups in total. The van der Waals surface area contributed by atoms with Crippen LogP contribution in [-0.4, -0.2) is 24.3 Å². The molecule has 0 aliphatic carbocycles. The van der Waals surface area contributed by atoms with E-state index in [1.54, 1.807) is 32.4 Å². The molecule has 0 saturated carbocycles. The van der Waals surface area contributed by atoms with Crippen LogP contribution in [0.25, 0.3) is 11.3 Å². The van der Waals surface area contributed by atoms with E-state index in [2.05, 4.69) is 4.98 Å². The topological polar surface area (TPSA) is 51.6 Å². The zero-order valence-electron chi connectivity index (χ0n) is 9.68. The summed E-state index contributed by atoms with van der Waals surface area (Å²) in [6, 6.07) is 8.85. The lowest BCUT2D eigenvalue weighted by Gasteiger charge is -2.08. The van der Waals surface area contributed by atoms with Crippen molar-refractivity contribution in [3.8, 4) is 28.5 Å². The Balaban J connectivity index is 2.46. The minimum absolute atomic E-state index is 0.142. The van der Waals surface area contributed by atoms with Crippen molar-refractivity contribution in [2.75, 3.05) is 14.2 Å². The summed E-state index contributed by atoms with van der Waals surface area (Å²) in [5.74, 6) is 1.55. The van der Waals surface area contributed by atoms with E-state index in [1.807, 2.05) is 12.1 Å². The van der Waals surface area contributed by atoms with Crippen LogP contribution < -0.4 is 9.47 Å². The molecule has 0 spiro atoms.